The molecule has 1 saturated carbocycles. The molecule has 2 aromatic rings. The highest BCUT2D eigenvalue weighted by Gasteiger charge is 2.26. The van der Waals surface area contributed by atoms with Crippen LogP contribution in [0.3, 0.4) is 0 Å². The van der Waals surface area contributed by atoms with Crippen molar-refractivity contribution in [3.8, 4) is 5.75 Å². The lowest BCUT2D eigenvalue weighted by Crippen LogP contribution is -2.33. The minimum Gasteiger partial charge on any atom is -0.495 e. The van der Waals surface area contributed by atoms with Gasteiger partial charge in [0.15, 0.2) is 0 Å². The van der Waals surface area contributed by atoms with E-state index in [1.807, 2.05) is 6.92 Å². The predicted octanol–water partition coefficient (Wildman–Crippen LogP) is 2.46. The fourth-order valence-corrected chi connectivity index (χ4v) is 4.95. The minimum atomic E-state index is -3.80. The molecule has 1 aliphatic rings. The molecule has 0 bridgehead atoms. The van der Waals surface area contributed by atoms with Gasteiger partial charge < -0.3 is 10.1 Å². The summed E-state index contributed by atoms with van der Waals surface area (Å²) in [5.41, 5.74) is 1.61. The summed E-state index contributed by atoms with van der Waals surface area (Å²) >= 11 is 0. The summed E-state index contributed by atoms with van der Waals surface area (Å²) in [6.45, 7) is 1.95. The summed E-state index contributed by atoms with van der Waals surface area (Å²) in [5.74, 6) is -0.194. The summed E-state index contributed by atoms with van der Waals surface area (Å²) in [6, 6.07) is 4.33. The molecule has 0 aliphatic heterocycles. The van der Waals surface area contributed by atoms with Crippen LogP contribution >= 0.6 is 0 Å². The Bertz CT molecular complexity index is 962. The maximum absolute atomic E-state index is 12.9. The first kappa shape index (κ1) is 20.3. The predicted molar refractivity (Wildman–Crippen MR) is 106 cm³/mol. The Labute approximate surface area is 165 Å². The van der Waals surface area contributed by atoms with E-state index in [-0.39, 0.29) is 22.3 Å². The number of rotatable bonds is 7. The number of methoxy groups -OCH3 is 1. The summed E-state index contributed by atoms with van der Waals surface area (Å²) in [5, 5.41) is 7.10. The van der Waals surface area contributed by atoms with Crippen LogP contribution in [0.25, 0.3) is 0 Å². The average Bonchev–Trinajstić information content (AvgIpc) is 3.29. The minimum absolute atomic E-state index is 0.0311. The van der Waals surface area contributed by atoms with E-state index in [9.17, 15) is 13.2 Å². The zero-order valence-corrected chi connectivity index (χ0v) is 17.2. The van der Waals surface area contributed by atoms with Crippen molar-refractivity contribution in [3.63, 3.8) is 0 Å². The van der Waals surface area contributed by atoms with Gasteiger partial charge in [0.05, 0.1) is 18.5 Å². The molecule has 8 nitrogen and oxygen atoms in total. The molecule has 1 aromatic heterocycles. The Morgan fingerprint density at radius 3 is 2.68 bits per heavy atom. The second kappa shape index (κ2) is 8.32. The van der Waals surface area contributed by atoms with Crippen molar-refractivity contribution >= 4 is 21.6 Å². The van der Waals surface area contributed by atoms with Crippen LogP contribution in [0.1, 0.15) is 48.7 Å². The highest BCUT2D eigenvalue weighted by molar-refractivity contribution is 7.89. The van der Waals surface area contributed by atoms with E-state index in [1.54, 1.807) is 24.0 Å². The van der Waals surface area contributed by atoms with Crippen molar-refractivity contribution in [2.24, 2.45) is 7.05 Å². The molecule has 1 amide bonds. The molecule has 152 valence electrons. The van der Waals surface area contributed by atoms with Crippen molar-refractivity contribution in [3.05, 3.63) is 35.7 Å². The van der Waals surface area contributed by atoms with Crippen LogP contribution in [0.5, 0.6) is 5.75 Å². The number of aryl methyl sites for hydroxylation is 2. The van der Waals surface area contributed by atoms with E-state index in [4.69, 9.17) is 4.74 Å². The van der Waals surface area contributed by atoms with Crippen LogP contribution in [0.15, 0.2) is 29.3 Å². The van der Waals surface area contributed by atoms with Crippen molar-refractivity contribution < 1.29 is 17.9 Å². The SMILES string of the molecule is CCc1nn(C)cc1NC(=O)c1ccc(OC)c(S(=O)(=O)NC2CCCC2)c1. The average molecular weight is 407 g/mol. The number of benzene rings is 1. The number of carbonyl (C=O) groups is 1. The van der Waals surface area contributed by atoms with E-state index in [0.717, 1.165) is 31.4 Å². The number of sulfonamides is 1. The molecule has 0 radical (unpaired) electrons. The van der Waals surface area contributed by atoms with Gasteiger partial charge in [0.2, 0.25) is 10.0 Å². The number of ether oxygens (including phenoxy) is 1. The Hall–Kier alpha value is -2.39. The maximum Gasteiger partial charge on any atom is 0.255 e. The van der Waals surface area contributed by atoms with Crippen molar-refractivity contribution in [2.75, 3.05) is 12.4 Å². The number of hydrogen-bond acceptors (Lipinski definition) is 5. The van der Waals surface area contributed by atoms with E-state index in [2.05, 4.69) is 15.1 Å². The number of hydrogen-bond donors (Lipinski definition) is 2. The Morgan fingerprint density at radius 1 is 1.32 bits per heavy atom. The fraction of sp³-hybridized carbons (Fsp3) is 0.474. The highest BCUT2D eigenvalue weighted by atomic mass is 32.2. The largest absolute Gasteiger partial charge is 0.495 e. The quantitative estimate of drug-likeness (QED) is 0.735. The van der Waals surface area contributed by atoms with Gasteiger partial charge in [-0.2, -0.15) is 5.10 Å². The smallest absolute Gasteiger partial charge is 0.255 e. The van der Waals surface area contributed by atoms with Gasteiger partial charge in [0.25, 0.3) is 5.91 Å². The lowest BCUT2D eigenvalue weighted by Gasteiger charge is -2.15. The monoisotopic (exact) mass is 406 g/mol. The van der Waals surface area contributed by atoms with Gasteiger partial charge in [0.1, 0.15) is 10.6 Å². The van der Waals surface area contributed by atoms with Crippen molar-refractivity contribution in [2.45, 2.75) is 50.0 Å². The number of nitrogens with one attached hydrogen (secondary N) is 2. The van der Waals surface area contributed by atoms with Gasteiger partial charge in [-0.05, 0) is 37.5 Å². The summed E-state index contributed by atoms with van der Waals surface area (Å²) < 4.78 is 35.3. The topological polar surface area (TPSA) is 102 Å². The molecule has 1 aliphatic carbocycles. The Kier molecular flexibility index (Phi) is 6.04. The third-order valence-corrected chi connectivity index (χ3v) is 6.42. The number of amides is 1. The third kappa shape index (κ3) is 4.36. The molecule has 0 unspecified atom stereocenters. The van der Waals surface area contributed by atoms with Crippen LogP contribution in [0.4, 0.5) is 5.69 Å². The number of carbonyl (C=O) groups excluding carboxylic acids is 1. The van der Waals surface area contributed by atoms with Gasteiger partial charge in [-0.3, -0.25) is 9.48 Å². The zero-order valence-electron chi connectivity index (χ0n) is 16.4. The van der Waals surface area contributed by atoms with Crippen LogP contribution in [-0.2, 0) is 23.5 Å². The van der Waals surface area contributed by atoms with Crippen molar-refractivity contribution in [1.29, 1.82) is 0 Å². The molecule has 3 rings (SSSR count). The highest BCUT2D eigenvalue weighted by Crippen LogP contribution is 2.28. The van der Waals surface area contributed by atoms with Crippen molar-refractivity contribution in [1.82, 2.24) is 14.5 Å². The molecule has 1 aromatic carbocycles. The Morgan fingerprint density at radius 2 is 2.04 bits per heavy atom. The van der Waals surface area contributed by atoms with Gasteiger partial charge >= 0.3 is 0 Å². The second-order valence-corrected chi connectivity index (χ2v) is 8.62. The number of nitrogens with zero attached hydrogens (tertiary/aromatic N) is 2. The third-order valence-electron chi connectivity index (χ3n) is 4.88. The van der Waals surface area contributed by atoms with Gasteiger partial charge in [-0.25, -0.2) is 13.1 Å². The summed E-state index contributed by atoms with van der Waals surface area (Å²) in [4.78, 5) is 12.7. The summed E-state index contributed by atoms with van der Waals surface area (Å²) in [6.07, 6.45) is 6.06. The van der Waals surface area contributed by atoms with Gasteiger partial charge in [-0.15, -0.1) is 0 Å². The van der Waals surface area contributed by atoms with E-state index in [1.165, 1.54) is 19.2 Å². The van der Waals surface area contributed by atoms with Crippen LogP contribution in [0, 0.1) is 0 Å². The van der Waals surface area contributed by atoms with Gasteiger partial charge in [0, 0.05) is 24.8 Å². The van der Waals surface area contributed by atoms with Crippen LogP contribution in [-0.4, -0.2) is 37.3 Å². The first-order valence-corrected chi connectivity index (χ1v) is 10.9. The lowest BCUT2D eigenvalue weighted by molar-refractivity contribution is 0.102. The summed E-state index contributed by atoms with van der Waals surface area (Å²) in [7, 11) is -0.607. The second-order valence-electron chi connectivity index (χ2n) is 6.94. The van der Waals surface area contributed by atoms with E-state index in [0.29, 0.717) is 12.1 Å². The first-order chi connectivity index (χ1) is 13.3. The molecular formula is C19H26N4O4S. The molecule has 1 heterocycles. The van der Waals surface area contributed by atoms with Crippen LogP contribution in [0.2, 0.25) is 0 Å². The normalized spacial score (nSPS) is 15.0. The van der Waals surface area contributed by atoms with E-state index >= 15 is 0 Å². The molecule has 28 heavy (non-hydrogen) atoms. The first-order valence-electron chi connectivity index (χ1n) is 9.38. The fourth-order valence-electron chi connectivity index (χ4n) is 3.45. The number of anilines is 1. The van der Waals surface area contributed by atoms with Crippen LogP contribution < -0.4 is 14.8 Å². The molecule has 9 heteroatoms. The standard InChI is InChI=1S/C19H26N4O4S/c1-4-15-16(12-23(2)21-15)20-19(24)13-9-10-17(27-3)18(11-13)28(25,26)22-14-7-5-6-8-14/h9-12,14,22H,4-8H2,1-3H3,(H,20,24). The molecular weight excluding hydrogens is 380 g/mol. The molecule has 0 spiro atoms. The molecule has 0 saturated heterocycles. The Balaban J connectivity index is 1.88. The maximum atomic E-state index is 12.9. The lowest BCUT2D eigenvalue weighted by atomic mass is 10.2. The molecule has 1 fully saturated rings. The molecule has 0 atom stereocenters. The number of aromatic nitrogens is 2. The molecule has 2 N–H and O–H groups in total. The van der Waals surface area contributed by atoms with E-state index < -0.39 is 15.9 Å². The zero-order chi connectivity index (χ0) is 20.3. The van der Waals surface area contributed by atoms with Gasteiger partial charge in [-0.1, -0.05) is 19.8 Å².